The lowest BCUT2D eigenvalue weighted by atomic mass is 10.1. The smallest absolute Gasteiger partial charge is 0.240 e. The van der Waals surface area contributed by atoms with Gasteiger partial charge in [-0.1, -0.05) is 60.6 Å². The number of carbonyl (C=O) groups is 1. The molecule has 7 heteroatoms. The second-order valence-electron chi connectivity index (χ2n) is 7.57. The third kappa shape index (κ3) is 5.86. The number of benzene rings is 2. The van der Waals surface area contributed by atoms with Crippen LogP contribution in [-0.4, -0.2) is 53.6 Å². The maximum absolute atomic E-state index is 13.5. The van der Waals surface area contributed by atoms with Gasteiger partial charge in [0.25, 0.3) is 0 Å². The van der Waals surface area contributed by atoms with Crippen molar-refractivity contribution in [2.75, 3.05) is 32.7 Å². The summed E-state index contributed by atoms with van der Waals surface area (Å²) < 4.78 is 0. The number of piperazine rings is 1. The van der Waals surface area contributed by atoms with Crippen molar-refractivity contribution in [3.05, 3.63) is 64.7 Å². The van der Waals surface area contributed by atoms with Crippen molar-refractivity contribution in [3.63, 3.8) is 0 Å². The number of hydrogen-bond acceptors (Lipinski definition) is 5. The van der Waals surface area contributed by atoms with E-state index in [2.05, 4.69) is 30.0 Å². The van der Waals surface area contributed by atoms with Gasteiger partial charge in [-0.05, 0) is 35.7 Å². The quantitative estimate of drug-likeness (QED) is 0.645. The summed E-state index contributed by atoms with van der Waals surface area (Å²) in [6.07, 6.45) is 9.01. The zero-order valence-corrected chi connectivity index (χ0v) is 19.9. The molecule has 4 rings (SSSR count). The van der Waals surface area contributed by atoms with Gasteiger partial charge in [0, 0.05) is 44.3 Å². The lowest BCUT2D eigenvalue weighted by molar-refractivity contribution is -0.131. The van der Waals surface area contributed by atoms with E-state index in [1.165, 1.54) is 0 Å². The number of hydrogen-bond donors (Lipinski definition) is 1. The van der Waals surface area contributed by atoms with Crippen molar-refractivity contribution in [1.82, 2.24) is 15.1 Å². The Kier molecular flexibility index (Phi) is 9.04. The minimum Gasteiger partial charge on any atom is -0.347 e. The number of halogens is 1. The maximum atomic E-state index is 13.5. The number of fused-ring (bicyclic) bond motifs is 1. The van der Waals surface area contributed by atoms with Crippen molar-refractivity contribution >= 4 is 40.1 Å². The minimum absolute atomic E-state index is 0.161. The number of terminal acetylenes is 1. The molecule has 1 fully saturated rings. The van der Waals surface area contributed by atoms with Gasteiger partial charge in [-0.25, -0.2) is 4.99 Å². The average molecular weight is 469 g/mol. The molecule has 2 heterocycles. The summed E-state index contributed by atoms with van der Waals surface area (Å²) in [5, 5.41) is 4.65. The summed E-state index contributed by atoms with van der Waals surface area (Å²) in [5.41, 5.74) is 3.09. The highest BCUT2D eigenvalue weighted by atomic mass is 35.5. The molecule has 168 valence electrons. The molecule has 2 aliphatic heterocycles. The van der Waals surface area contributed by atoms with Crippen LogP contribution >= 0.6 is 23.4 Å². The van der Waals surface area contributed by atoms with Gasteiger partial charge in [0.05, 0.1) is 5.69 Å². The predicted octanol–water partition coefficient (Wildman–Crippen LogP) is 4.71. The van der Waals surface area contributed by atoms with Crippen molar-refractivity contribution in [2.45, 2.75) is 25.1 Å². The summed E-state index contributed by atoms with van der Waals surface area (Å²) in [7, 11) is 0. The molecule has 5 nitrogen and oxygen atoms in total. The van der Waals surface area contributed by atoms with E-state index in [0.717, 1.165) is 72.7 Å². The molecule has 32 heavy (non-hydrogen) atoms. The number of nitrogens with zero attached hydrogens (tertiary/aromatic N) is 3. The Hall–Kier alpha value is -2.46. The second kappa shape index (κ2) is 12.0. The number of aliphatic imine (C=N–C) groups is 1. The van der Waals surface area contributed by atoms with Crippen molar-refractivity contribution in [2.24, 2.45) is 4.99 Å². The highest BCUT2D eigenvalue weighted by molar-refractivity contribution is 8.14. The molecule has 2 aromatic rings. The highest BCUT2D eigenvalue weighted by Gasteiger charge is 2.31. The third-order valence-corrected chi connectivity index (χ3v) is 6.87. The molecule has 1 saturated heterocycles. The van der Waals surface area contributed by atoms with Crippen molar-refractivity contribution < 1.29 is 4.79 Å². The van der Waals surface area contributed by atoms with Gasteiger partial charge in [-0.3, -0.25) is 4.79 Å². The number of nitrogens with one attached hydrogen (secondary N) is 1. The SMILES string of the molecule is C#C.CCCN1Cc2cc(Cl)ccc2N=C1SC(C(=O)N1CCNCC1)c1ccccc1. The molecule has 1 unspecified atom stereocenters. The molecular weight excluding hydrogens is 440 g/mol. The van der Waals surface area contributed by atoms with Crippen LogP contribution in [0.15, 0.2) is 53.5 Å². The molecule has 0 radical (unpaired) electrons. The second-order valence-corrected chi connectivity index (χ2v) is 9.08. The van der Waals surface area contributed by atoms with Crippen LogP contribution in [0.5, 0.6) is 0 Å². The Morgan fingerprint density at radius 3 is 2.59 bits per heavy atom. The van der Waals surface area contributed by atoms with Gasteiger partial charge < -0.3 is 15.1 Å². The monoisotopic (exact) mass is 468 g/mol. The van der Waals surface area contributed by atoms with Gasteiger partial charge in [0.15, 0.2) is 5.17 Å². The van der Waals surface area contributed by atoms with Crippen LogP contribution in [0.25, 0.3) is 0 Å². The van der Waals surface area contributed by atoms with Crippen molar-refractivity contribution in [1.29, 1.82) is 0 Å². The maximum Gasteiger partial charge on any atom is 0.240 e. The summed E-state index contributed by atoms with van der Waals surface area (Å²) in [4.78, 5) is 22.7. The van der Waals surface area contributed by atoms with E-state index >= 15 is 0 Å². The zero-order chi connectivity index (χ0) is 22.9. The van der Waals surface area contributed by atoms with Gasteiger partial charge in [0.2, 0.25) is 5.91 Å². The minimum atomic E-state index is -0.309. The first-order chi connectivity index (χ1) is 15.7. The van der Waals surface area contributed by atoms with Crippen LogP contribution in [-0.2, 0) is 11.3 Å². The fourth-order valence-corrected chi connectivity index (χ4v) is 5.23. The van der Waals surface area contributed by atoms with Crippen LogP contribution in [0.2, 0.25) is 5.02 Å². The van der Waals surface area contributed by atoms with E-state index in [9.17, 15) is 4.79 Å². The molecule has 0 bridgehead atoms. The van der Waals surface area contributed by atoms with E-state index in [4.69, 9.17) is 16.6 Å². The van der Waals surface area contributed by atoms with Gasteiger partial charge in [-0.2, -0.15) is 0 Å². The first kappa shape index (κ1) is 24.2. The lowest BCUT2D eigenvalue weighted by Crippen LogP contribution is -2.48. The highest BCUT2D eigenvalue weighted by Crippen LogP contribution is 2.38. The zero-order valence-electron chi connectivity index (χ0n) is 18.3. The lowest BCUT2D eigenvalue weighted by Gasteiger charge is -2.34. The Bertz CT molecular complexity index is 957. The van der Waals surface area contributed by atoms with Crippen LogP contribution in [0.1, 0.15) is 29.7 Å². The van der Waals surface area contributed by atoms with Gasteiger partial charge in [0.1, 0.15) is 5.25 Å². The molecule has 2 aromatic carbocycles. The van der Waals surface area contributed by atoms with Gasteiger partial charge in [-0.15, -0.1) is 12.8 Å². The normalized spacial score (nSPS) is 16.3. The van der Waals surface area contributed by atoms with E-state index < -0.39 is 0 Å². The molecule has 0 saturated carbocycles. The standard InChI is InChI=1S/C23H27ClN4OS.C2H2/c1-2-12-28-16-18-15-19(24)8-9-20(18)26-23(28)30-21(17-6-4-3-5-7-17)22(29)27-13-10-25-11-14-27;1-2/h3-9,15,21,25H,2,10-14,16H2,1H3;1-2H. The summed E-state index contributed by atoms with van der Waals surface area (Å²) in [6, 6.07) is 15.9. The fourth-order valence-electron chi connectivity index (χ4n) is 3.83. The van der Waals surface area contributed by atoms with E-state index in [-0.39, 0.29) is 11.2 Å². The molecule has 0 spiro atoms. The molecular formula is C25H29ClN4OS. The van der Waals surface area contributed by atoms with E-state index in [1.807, 2.05) is 53.4 Å². The number of carbonyl (C=O) groups excluding carboxylic acids is 1. The van der Waals surface area contributed by atoms with E-state index in [1.54, 1.807) is 11.8 Å². The fraction of sp³-hybridized carbons (Fsp3) is 0.360. The Balaban J connectivity index is 0.00000141. The molecule has 0 aliphatic carbocycles. The predicted molar refractivity (Wildman–Crippen MR) is 135 cm³/mol. The topological polar surface area (TPSA) is 47.9 Å². The summed E-state index contributed by atoms with van der Waals surface area (Å²) >= 11 is 7.77. The number of amidine groups is 1. The summed E-state index contributed by atoms with van der Waals surface area (Å²) in [6.45, 7) is 6.99. The molecule has 0 aromatic heterocycles. The first-order valence-corrected chi connectivity index (χ1v) is 12.1. The van der Waals surface area contributed by atoms with Gasteiger partial charge >= 0.3 is 0 Å². The van der Waals surface area contributed by atoms with Crippen LogP contribution < -0.4 is 5.32 Å². The largest absolute Gasteiger partial charge is 0.347 e. The van der Waals surface area contributed by atoms with Crippen LogP contribution in [0.3, 0.4) is 0 Å². The molecule has 1 amide bonds. The molecule has 1 atom stereocenters. The van der Waals surface area contributed by atoms with Crippen LogP contribution in [0, 0.1) is 12.8 Å². The number of amides is 1. The molecule has 1 N–H and O–H groups in total. The average Bonchev–Trinajstić information content (AvgIpc) is 2.85. The Morgan fingerprint density at radius 1 is 1.19 bits per heavy atom. The number of thioether (sulfide) groups is 1. The Labute approximate surface area is 200 Å². The summed E-state index contributed by atoms with van der Waals surface area (Å²) in [5.74, 6) is 0.161. The molecule has 2 aliphatic rings. The first-order valence-electron chi connectivity index (χ1n) is 10.8. The number of rotatable bonds is 5. The van der Waals surface area contributed by atoms with E-state index in [0.29, 0.717) is 0 Å². The Morgan fingerprint density at radius 2 is 1.91 bits per heavy atom. The van der Waals surface area contributed by atoms with Crippen molar-refractivity contribution in [3.8, 4) is 12.8 Å². The van der Waals surface area contributed by atoms with Crippen LogP contribution in [0.4, 0.5) is 5.69 Å². The third-order valence-electron chi connectivity index (χ3n) is 5.36.